The SMILES string of the molecule is Cc1nc(CCn2ccccc2=O)sc1CN. The smallest absolute Gasteiger partial charge is 0.250 e. The van der Waals surface area contributed by atoms with E-state index in [4.69, 9.17) is 5.73 Å². The number of hydrogen-bond acceptors (Lipinski definition) is 4. The van der Waals surface area contributed by atoms with Gasteiger partial charge in [0.1, 0.15) is 0 Å². The molecule has 0 bridgehead atoms. The molecule has 0 saturated carbocycles. The third-order valence-electron chi connectivity index (χ3n) is 2.59. The quantitative estimate of drug-likeness (QED) is 0.889. The van der Waals surface area contributed by atoms with Crippen molar-refractivity contribution in [3.8, 4) is 0 Å². The Morgan fingerprint density at radius 3 is 2.94 bits per heavy atom. The van der Waals surface area contributed by atoms with Crippen molar-refractivity contribution in [1.29, 1.82) is 0 Å². The van der Waals surface area contributed by atoms with Crippen molar-refractivity contribution in [3.05, 3.63) is 50.3 Å². The molecule has 0 saturated heterocycles. The van der Waals surface area contributed by atoms with Gasteiger partial charge in [-0.1, -0.05) is 6.07 Å². The van der Waals surface area contributed by atoms with Gasteiger partial charge in [0.2, 0.25) is 0 Å². The topological polar surface area (TPSA) is 60.9 Å². The molecule has 0 atom stereocenters. The Morgan fingerprint density at radius 2 is 2.29 bits per heavy atom. The van der Waals surface area contributed by atoms with E-state index in [-0.39, 0.29) is 5.56 Å². The van der Waals surface area contributed by atoms with Gasteiger partial charge in [0.05, 0.1) is 10.7 Å². The Morgan fingerprint density at radius 1 is 1.47 bits per heavy atom. The molecule has 0 aliphatic heterocycles. The number of aromatic nitrogens is 2. The van der Waals surface area contributed by atoms with Crippen LogP contribution in [0.15, 0.2) is 29.2 Å². The van der Waals surface area contributed by atoms with Crippen LogP contribution in [0.3, 0.4) is 0 Å². The second-order valence-electron chi connectivity index (χ2n) is 3.80. The predicted octanol–water partition coefficient (Wildman–Crippen LogP) is 1.31. The van der Waals surface area contributed by atoms with E-state index in [1.807, 2.05) is 13.0 Å². The highest BCUT2D eigenvalue weighted by Gasteiger charge is 2.06. The van der Waals surface area contributed by atoms with Gasteiger partial charge in [-0.15, -0.1) is 11.3 Å². The van der Waals surface area contributed by atoms with Crippen LogP contribution in [-0.2, 0) is 19.5 Å². The number of nitrogens with two attached hydrogens (primary N) is 1. The zero-order chi connectivity index (χ0) is 12.3. The standard InChI is InChI=1S/C12H15N3OS/c1-9-10(8-13)17-11(14-9)5-7-15-6-3-2-4-12(15)16/h2-4,6H,5,7-8,13H2,1H3. The van der Waals surface area contributed by atoms with E-state index in [0.29, 0.717) is 13.1 Å². The normalized spacial score (nSPS) is 10.7. The van der Waals surface area contributed by atoms with Gasteiger partial charge in [0.25, 0.3) is 5.56 Å². The summed E-state index contributed by atoms with van der Waals surface area (Å²) in [5, 5.41) is 1.04. The maximum absolute atomic E-state index is 11.5. The second kappa shape index (κ2) is 5.25. The van der Waals surface area contributed by atoms with Gasteiger partial charge in [-0.05, 0) is 13.0 Å². The molecule has 0 aliphatic rings. The largest absolute Gasteiger partial charge is 0.326 e. The molecule has 2 heterocycles. The second-order valence-corrected chi connectivity index (χ2v) is 4.97. The van der Waals surface area contributed by atoms with Crippen LogP contribution in [-0.4, -0.2) is 9.55 Å². The summed E-state index contributed by atoms with van der Waals surface area (Å²) >= 11 is 1.63. The first-order valence-corrected chi connectivity index (χ1v) is 6.33. The van der Waals surface area contributed by atoms with Crippen LogP contribution >= 0.6 is 11.3 Å². The molecule has 90 valence electrons. The predicted molar refractivity (Wildman–Crippen MR) is 69.1 cm³/mol. The van der Waals surface area contributed by atoms with E-state index in [1.165, 1.54) is 0 Å². The van der Waals surface area contributed by atoms with Crippen LogP contribution in [0.4, 0.5) is 0 Å². The molecule has 0 aromatic carbocycles. The van der Waals surface area contributed by atoms with Gasteiger partial charge in [0, 0.05) is 36.7 Å². The summed E-state index contributed by atoms with van der Waals surface area (Å²) in [5.41, 5.74) is 6.65. The first-order chi connectivity index (χ1) is 8.20. The Balaban J connectivity index is 2.07. The molecule has 0 radical (unpaired) electrons. The molecule has 0 amide bonds. The monoisotopic (exact) mass is 249 g/mol. The van der Waals surface area contributed by atoms with Gasteiger partial charge >= 0.3 is 0 Å². The molecule has 17 heavy (non-hydrogen) atoms. The molecule has 2 rings (SSSR count). The summed E-state index contributed by atoms with van der Waals surface area (Å²) in [6, 6.07) is 5.18. The molecule has 2 N–H and O–H groups in total. The van der Waals surface area contributed by atoms with Gasteiger partial charge < -0.3 is 10.3 Å². The summed E-state index contributed by atoms with van der Waals surface area (Å²) < 4.78 is 1.69. The Kier molecular flexibility index (Phi) is 3.71. The lowest BCUT2D eigenvalue weighted by atomic mass is 10.4. The number of rotatable bonds is 4. The Bertz CT molecular complexity index is 559. The molecule has 2 aromatic heterocycles. The zero-order valence-electron chi connectivity index (χ0n) is 9.72. The highest BCUT2D eigenvalue weighted by Crippen LogP contribution is 2.17. The van der Waals surface area contributed by atoms with E-state index >= 15 is 0 Å². The first-order valence-electron chi connectivity index (χ1n) is 5.51. The number of nitrogens with zero attached hydrogens (tertiary/aromatic N) is 2. The number of hydrogen-bond donors (Lipinski definition) is 1. The fraction of sp³-hybridized carbons (Fsp3) is 0.333. The zero-order valence-corrected chi connectivity index (χ0v) is 10.5. The molecular weight excluding hydrogens is 234 g/mol. The van der Waals surface area contributed by atoms with Crippen LogP contribution < -0.4 is 11.3 Å². The number of pyridine rings is 1. The molecule has 2 aromatic rings. The van der Waals surface area contributed by atoms with Crippen molar-refractivity contribution in [2.24, 2.45) is 5.73 Å². The average Bonchev–Trinajstić information content (AvgIpc) is 2.69. The van der Waals surface area contributed by atoms with Crippen LogP contribution in [0.1, 0.15) is 15.6 Å². The van der Waals surface area contributed by atoms with Crippen molar-refractivity contribution in [3.63, 3.8) is 0 Å². The maximum Gasteiger partial charge on any atom is 0.250 e. The van der Waals surface area contributed by atoms with E-state index in [2.05, 4.69) is 4.98 Å². The lowest BCUT2D eigenvalue weighted by Gasteiger charge is -2.02. The number of aryl methyl sites for hydroxylation is 3. The van der Waals surface area contributed by atoms with Gasteiger partial charge in [-0.25, -0.2) is 4.98 Å². The third kappa shape index (κ3) is 2.81. The van der Waals surface area contributed by atoms with Crippen molar-refractivity contribution in [2.45, 2.75) is 26.4 Å². The highest BCUT2D eigenvalue weighted by molar-refractivity contribution is 7.11. The van der Waals surface area contributed by atoms with Crippen LogP contribution in [0.5, 0.6) is 0 Å². The van der Waals surface area contributed by atoms with Crippen LogP contribution in [0, 0.1) is 6.92 Å². The van der Waals surface area contributed by atoms with E-state index in [9.17, 15) is 4.79 Å². The van der Waals surface area contributed by atoms with Crippen LogP contribution in [0.25, 0.3) is 0 Å². The minimum absolute atomic E-state index is 0.0276. The summed E-state index contributed by atoms with van der Waals surface area (Å²) in [6.45, 7) is 3.17. The number of thiazole rings is 1. The summed E-state index contributed by atoms with van der Waals surface area (Å²) in [6.07, 6.45) is 2.57. The van der Waals surface area contributed by atoms with E-state index in [0.717, 1.165) is 22.0 Å². The fourth-order valence-electron chi connectivity index (χ4n) is 1.65. The van der Waals surface area contributed by atoms with Crippen molar-refractivity contribution >= 4 is 11.3 Å². The van der Waals surface area contributed by atoms with Gasteiger partial charge in [0.15, 0.2) is 0 Å². The van der Waals surface area contributed by atoms with E-state index in [1.54, 1.807) is 34.2 Å². The lowest BCUT2D eigenvalue weighted by molar-refractivity contribution is 0.666. The summed E-state index contributed by atoms with van der Waals surface area (Å²) in [4.78, 5) is 17.1. The molecule has 0 aliphatic carbocycles. The third-order valence-corrected chi connectivity index (χ3v) is 3.83. The summed E-state index contributed by atoms with van der Waals surface area (Å²) in [7, 11) is 0. The van der Waals surface area contributed by atoms with Crippen molar-refractivity contribution in [2.75, 3.05) is 0 Å². The van der Waals surface area contributed by atoms with E-state index < -0.39 is 0 Å². The molecule has 0 spiro atoms. The average molecular weight is 249 g/mol. The highest BCUT2D eigenvalue weighted by atomic mass is 32.1. The Hall–Kier alpha value is -1.46. The van der Waals surface area contributed by atoms with Gasteiger partial charge in [-0.2, -0.15) is 0 Å². The maximum atomic E-state index is 11.5. The van der Waals surface area contributed by atoms with Crippen molar-refractivity contribution < 1.29 is 0 Å². The Labute approximate surface area is 104 Å². The lowest BCUT2D eigenvalue weighted by Crippen LogP contribution is -2.18. The molecule has 0 fully saturated rings. The minimum atomic E-state index is 0.0276. The first kappa shape index (κ1) is 12.0. The minimum Gasteiger partial charge on any atom is -0.326 e. The molecular formula is C12H15N3OS. The summed E-state index contributed by atoms with van der Waals surface area (Å²) in [5.74, 6) is 0. The molecule has 4 nitrogen and oxygen atoms in total. The van der Waals surface area contributed by atoms with Crippen LogP contribution in [0.2, 0.25) is 0 Å². The fourth-order valence-corrected chi connectivity index (χ4v) is 2.58. The van der Waals surface area contributed by atoms with Gasteiger partial charge in [-0.3, -0.25) is 4.79 Å². The van der Waals surface area contributed by atoms with Crippen molar-refractivity contribution in [1.82, 2.24) is 9.55 Å². The molecule has 5 heteroatoms. The molecule has 0 unspecified atom stereocenters.